The van der Waals surface area contributed by atoms with Gasteiger partial charge in [-0.15, -0.1) is 0 Å². The van der Waals surface area contributed by atoms with Crippen molar-refractivity contribution >= 4 is 17.5 Å². The molecule has 148 valence electrons. The minimum Gasteiger partial charge on any atom is -0.493 e. The zero-order valence-electron chi connectivity index (χ0n) is 17.3. The van der Waals surface area contributed by atoms with Gasteiger partial charge in [0.05, 0.1) is 25.5 Å². The Balaban J connectivity index is 1.89. The van der Waals surface area contributed by atoms with Crippen LogP contribution in [0, 0.1) is 11.3 Å². The smallest absolute Gasteiger partial charge is 0.161 e. The number of allylic oxidation sites excluding steroid dienone is 3. The molecule has 0 aliphatic carbocycles. The zero-order valence-corrected chi connectivity index (χ0v) is 17.3. The van der Waals surface area contributed by atoms with E-state index in [1.807, 2.05) is 44.5 Å². The summed E-state index contributed by atoms with van der Waals surface area (Å²) in [6.45, 7) is 0.645. The van der Waals surface area contributed by atoms with Crippen LogP contribution in [-0.2, 0) is 6.42 Å². The molecule has 0 N–H and O–H groups in total. The Morgan fingerprint density at radius 2 is 1.79 bits per heavy atom. The maximum absolute atomic E-state index is 9.73. The van der Waals surface area contributed by atoms with Crippen LogP contribution in [0.2, 0.25) is 0 Å². The molecule has 5 heteroatoms. The molecule has 0 radical (unpaired) electrons. The van der Waals surface area contributed by atoms with E-state index in [1.165, 1.54) is 0 Å². The lowest BCUT2D eigenvalue weighted by atomic mass is 9.92. The van der Waals surface area contributed by atoms with Gasteiger partial charge >= 0.3 is 0 Å². The maximum Gasteiger partial charge on any atom is 0.161 e. The number of ether oxygens (including phenoxy) is 2. The molecule has 0 fully saturated rings. The van der Waals surface area contributed by atoms with E-state index in [9.17, 15) is 5.26 Å². The van der Waals surface area contributed by atoms with Gasteiger partial charge in [-0.3, -0.25) is 4.99 Å². The van der Waals surface area contributed by atoms with Crippen LogP contribution in [-0.4, -0.2) is 40.6 Å². The summed E-state index contributed by atoms with van der Waals surface area (Å²) in [6, 6.07) is 14.4. The molecule has 1 heterocycles. The molecule has 0 saturated carbocycles. The van der Waals surface area contributed by atoms with Crippen LogP contribution in [0.15, 0.2) is 59.1 Å². The van der Waals surface area contributed by atoms with Gasteiger partial charge in [0, 0.05) is 31.9 Å². The Kier molecular flexibility index (Phi) is 6.36. The highest BCUT2D eigenvalue weighted by atomic mass is 16.5. The maximum atomic E-state index is 9.73. The third-order valence-electron chi connectivity index (χ3n) is 4.85. The normalized spacial score (nSPS) is 13.5. The third kappa shape index (κ3) is 4.49. The first-order valence-electron chi connectivity index (χ1n) is 9.43. The van der Waals surface area contributed by atoms with Crippen LogP contribution in [0.1, 0.15) is 16.7 Å². The van der Waals surface area contributed by atoms with Crippen molar-refractivity contribution in [3.05, 3.63) is 70.8 Å². The van der Waals surface area contributed by atoms with Crippen LogP contribution in [0.3, 0.4) is 0 Å². The molecule has 2 aromatic rings. The van der Waals surface area contributed by atoms with Gasteiger partial charge in [0.1, 0.15) is 6.07 Å². The lowest BCUT2D eigenvalue weighted by Crippen LogP contribution is -2.15. The fourth-order valence-corrected chi connectivity index (χ4v) is 3.26. The minimum absolute atomic E-state index is 0.527. The summed E-state index contributed by atoms with van der Waals surface area (Å²) in [5.74, 6) is 1.32. The Hall–Kier alpha value is -3.52. The Morgan fingerprint density at radius 3 is 2.41 bits per heavy atom. The van der Waals surface area contributed by atoms with Crippen LogP contribution in [0.4, 0.5) is 5.69 Å². The van der Waals surface area contributed by atoms with Crippen molar-refractivity contribution < 1.29 is 9.47 Å². The van der Waals surface area contributed by atoms with Crippen molar-refractivity contribution in [2.24, 2.45) is 4.99 Å². The van der Waals surface area contributed by atoms with Gasteiger partial charge in [-0.25, -0.2) is 0 Å². The van der Waals surface area contributed by atoms with Crippen LogP contribution in [0.25, 0.3) is 6.08 Å². The first-order valence-corrected chi connectivity index (χ1v) is 9.43. The highest BCUT2D eigenvalue weighted by Crippen LogP contribution is 2.33. The average Bonchev–Trinajstić information content (AvgIpc) is 2.75. The van der Waals surface area contributed by atoms with E-state index in [-0.39, 0.29) is 0 Å². The Bertz CT molecular complexity index is 1010. The van der Waals surface area contributed by atoms with E-state index < -0.39 is 0 Å². The lowest BCUT2D eigenvalue weighted by molar-refractivity contribution is 0.354. The molecule has 5 nitrogen and oxygen atoms in total. The van der Waals surface area contributed by atoms with E-state index in [0.717, 1.165) is 28.8 Å². The molecule has 0 aromatic heterocycles. The van der Waals surface area contributed by atoms with Gasteiger partial charge in [-0.05, 0) is 47.9 Å². The second-order valence-electron chi connectivity index (χ2n) is 6.88. The van der Waals surface area contributed by atoms with Gasteiger partial charge in [0.2, 0.25) is 0 Å². The lowest BCUT2D eigenvalue weighted by Gasteiger charge is -2.19. The van der Waals surface area contributed by atoms with Crippen LogP contribution < -0.4 is 14.4 Å². The van der Waals surface area contributed by atoms with E-state index in [0.29, 0.717) is 29.3 Å². The molecule has 3 rings (SSSR count). The van der Waals surface area contributed by atoms with E-state index >= 15 is 0 Å². The van der Waals surface area contributed by atoms with E-state index in [1.54, 1.807) is 14.2 Å². The van der Waals surface area contributed by atoms with Crippen molar-refractivity contribution in [2.45, 2.75) is 6.42 Å². The summed E-state index contributed by atoms with van der Waals surface area (Å²) in [6.07, 6.45) is 6.49. The fraction of sp³-hybridized carbons (Fsp3) is 0.250. The molecule has 0 spiro atoms. The molecule has 0 bridgehead atoms. The number of anilines is 1. The largest absolute Gasteiger partial charge is 0.493 e. The van der Waals surface area contributed by atoms with Crippen LogP contribution in [0.5, 0.6) is 11.5 Å². The summed E-state index contributed by atoms with van der Waals surface area (Å²) in [4.78, 5) is 6.68. The van der Waals surface area contributed by atoms with Gasteiger partial charge in [0.25, 0.3) is 0 Å². The quantitative estimate of drug-likeness (QED) is 0.548. The first-order chi connectivity index (χ1) is 14.1. The van der Waals surface area contributed by atoms with Crippen molar-refractivity contribution in [1.82, 2.24) is 0 Å². The number of benzene rings is 2. The molecule has 0 amide bonds. The summed E-state index contributed by atoms with van der Waals surface area (Å²) in [7, 11) is 7.26. The molecule has 0 saturated heterocycles. The number of nitriles is 1. The Labute approximate surface area is 172 Å². The summed E-state index contributed by atoms with van der Waals surface area (Å²) in [5, 5.41) is 9.73. The van der Waals surface area contributed by atoms with Crippen molar-refractivity contribution in [3.63, 3.8) is 0 Å². The van der Waals surface area contributed by atoms with Crippen molar-refractivity contribution in [3.8, 4) is 17.6 Å². The highest BCUT2D eigenvalue weighted by molar-refractivity contribution is 6.16. The second kappa shape index (κ2) is 9.11. The van der Waals surface area contributed by atoms with Gasteiger partial charge < -0.3 is 14.4 Å². The SMILES string of the molecule is COc1cc2c(cc1OC)C(/C(C#N)=C\C=C\c1ccc(N(C)C)cc1)=NCC2. The molecule has 1 aliphatic rings. The summed E-state index contributed by atoms with van der Waals surface area (Å²) in [5.41, 5.74) is 5.47. The molecular weight excluding hydrogens is 362 g/mol. The predicted molar refractivity (Wildman–Crippen MR) is 118 cm³/mol. The van der Waals surface area contributed by atoms with Crippen molar-refractivity contribution in [1.29, 1.82) is 5.26 Å². The number of nitrogens with zero attached hydrogens (tertiary/aromatic N) is 3. The van der Waals surface area contributed by atoms with Crippen molar-refractivity contribution in [2.75, 3.05) is 39.8 Å². The molecule has 1 aliphatic heterocycles. The topological polar surface area (TPSA) is 57.9 Å². The molecule has 0 atom stereocenters. The number of rotatable bonds is 6. The minimum atomic E-state index is 0.527. The second-order valence-corrected chi connectivity index (χ2v) is 6.88. The number of aliphatic imine (C=N–C) groups is 1. The Morgan fingerprint density at radius 1 is 1.10 bits per heavy atom. The van der Waals surface area contributed by atoms with Crippen LogP contribution >= 0.6 is 0 Å². The zero-order chi connectivity index (χ0) is 20.8. The number of fused-ring (bicyclic) bond motifs is 1. The number of hydrogen-bond acceptors (Lipinski definition) is 5. The third-order valence-corrected chi connectivity index (χ3v) is 4.85. The molecule has 29 heavy (non-hydrogen) atoms. The molecular formula is C24H25N3O2. The van der Waals surface area contributed by atoms with Gasteiger partial charge in [0.15, 0.2) is 11.5 Å². The van der Waals surface area contributed by atoms with Gasteiger partial charge in [-0.2, -0.15) is 5.26 Å². The first kappa shape index (κ1) is 20.2. The predicted octanol–water partition coefficient (Wildman–Crippen LogP) is 4.28. The van der Waals surface area contributed by atoms with E-state index in [4.69, 9.17) is 9.47 Å². The van der Waals surface area contributed by atoms with E-state index in [2.05, 4.69) is 40.2 Å². The standard InChI is InChI=1S/C24H25N3O2/c1-27(2)20-10-8-17(9-11-20)6-5-7-19(16-25)24-21-15-23(29-4)22(28-3)14-18(21)12-13-26-24/h5-11,14-15H,12-13H2,1-4H3/b6-5+,19-7-. The monoisotopic (exact) mass is 387 g/mol. The highest BCUT2D eigenvalue weighted by Gasteiger charge is 2.20. The number of hydrogen-bond donors (Lipinski definition) is 0. The fourth-order valence-electron chi connectivity index (χ4n) is 3.26. The molecule has 2 aromatic carbocycles. The molecule has 0 unspecified atom stereocenters. The summed E-state index contributed by atoms with van der Waals surface area (Å²) < 4.78 is 10.8. The average molecular weight is 387 g/mol. The summed E-state index contributed by atoms with van der Waals surface area (Å²) >= 11 is 0. The number of methoxy groups -OCH3 is 2. The van der Waals surface area contributed by atoms with Gasteiger partial charge in [-0.1, -0.05) is 24.3 Å².